The number of nitrogens with zero attached hydrogens (tertiary/aromatic N) is 1. The van der Waals surface area contributed by atoms with Crippen LogP contribution in [-0.2, 0) is 14.3 Å². The van der Waals surface area contributed by atoms with E-state index < -0.39 is 23.4 Å². The van der Waals surface area contributed by atoms with Crippen LogP contribution in [0.15, 0.2) is 29.3 Å². The van der Waals surface area contributed by atoms with Crippen molar-refractivity contribution < 1.29 is 23.9 Å². The Balaban J connectivity index is 2.98. The molecule has 0 spiro atoms. The minimum Gasteiger partial charge on any atom is -0.444 e. The van der Waals surface area contributed by atoms with Gasteiger partial charge in [0.1, 0.15) is 11.2 Å². The summed E-state index contributed by atoms with van der Waals surface area (Å²) in [6, 6.07) is 6.51. The number of anilines is 1. The van der Waals surface area contributed by atoms with Gasteiger partial charge in [-0.1, -0.05) is 0 Å². The van der Waals surface area contributed by atoms with Gasteiger partial charge in [0.2, 0.25) is 11.9 Å². The Labute approximate surface area is 176 Å². The van der Waals surface area contributed by atoms with E-state index in [2.05, 4.69) is 26.3 Å². The van der Waals surface area contributed by atoms with E-state index in [9.17, 15) is 14.4 Å². The number of carbonyl (C=O) groups excluding carboxylic acids is 3. The van der Waals surface area contributed by atoms with Crippen LogP contribution in [0.4, 0.5) is 21.0 Å². The van der Waals surface area contributed by atoms with Gasteiger partial charge in [-0.15, -0.1) is 0 Å². The topological polar surface area (TPSA) is 130 Å². The van der Waals surface area contributed by atoms with Crippen LogP contribution in [-0.4, -0.2) is 48.8 Å². The molecular formula is C20H31N5O5. The number of carbonyl (C=O) groups is 3. The summed E-state index contributed by atoms with van der Waals surface area (Å²) in [7, 11) is 1.67. The summed E-state index contributed by atoms with van der Waals surface area (Å²) in [6.07, 6.45) is -1.57. The maximum absolute atomic E-state index is 12.1. The van der Waals surface area contributed by atoms with Crippen molar-refractivity contribution in [1.82, 2.24) is 16.0 Å². The van der Waals surface area contributed by atoms with Crippen LogP contribution in [0.3, 0.4) is 0 Å². The molecule has 10 heteroatoms. The van der Waals surface area contributed by atoms with Crippen molar-refractivity contribution in [3.8, 4) is 0 Å². The number of hydrogen-bond acceptors (Lipinski definition) is 7. The number of benzene rings is 1. The largest absolute Gasteiger partial charge is 0.444 e. The third-order valence-corrected chi connectivity index (χ3v) is 2.97. The first kappa shape index (κ1) is 24.9. The number of hydrogen-bond donors (Lipinski definition) is 4. The molecule has 1 aromatic rings. The van der Waals surface area contributed by atoms with Gasteiger partial charge in [0.15, 0.2) is 0 Å². The van der Waals surface area contributed by atoms with Crippen LogP contribution in [0.25, 0.3) is 0 Å². The van der Waals surface area contributed by atoms with Gasteiger partial charge in [-0.05, 0) is 72.9 Å². The van der Waals surface area contributed by atoms with Gasteiger partial charge in [0.25, 0.3) is 0 Å². The molecule has 0 unspecified atom stereocenters. The van der Waals surface area contributed by atoms with E-state index in [0.29, 0.717) is 11.4 Å². The zero-order valence-corrected chi connectivity index (χ0v) is 18.5. The molecule has 30 heavy (non-hydrogen) atoms. The molecule has 0 radical (unpaired) electrons. The lowest BCUT2D eigenvalue weighted by Crippen LogP contribution is -2.47. The Morgan fingerprint density at radius 2 is 1.33 bits per heavy atom. The van der Waals surface area contributed by atoms with Crippen LogP contribution in [0.5, 0.6) is 0 Å². The zero-order valence-electron chi connectivity index (χ0n) is 18.5. The second kappa shape index (κ2) is 10.6. The highest BCUT2D eigenvalue weighted by atomic mass is 16.6. The molecule has 0 atom stereocenters. The molecule has 0 bridgehead atoms. The van der Waals surface area contributed by atoms with Gasteiger partial charge in [0.05, 0.1) is 12.2 Å². The average Bonchev–Trinajstić information content (AvgIpc) is 2.53. The normalized spacial score (nSPS) is 11.2. The molecule has 1 rings (SSSR count). The lowest BCUT2D eigenvalue weighted by atomic mass is 10.2. The van der Waals surface area contributed by atoms with E-state index in [4.69, 9.17) is 9.47 Å². The highest BCUT2D eigenvalue weighted by Crippen LogP contribution is 2.16. The summed E-state index contributed by atoms with van der Waals surface area (Å²) >= 11 is 0. The first-order chi connectivity index (χ1) is 13.8. The van der Waals surface area contributed by atoms with Crippen LogP contribution >= 0.6 is 0 Å². The average molecular weight is 421 g/mol. The van der Waals surface area contributed by atoms with E-state index >= 15 is 0 Å². The van der Waals surface area contributed by atoms with Crippen molar-refractivity contribution in [2.75, 3.05) is 18.9 Å². The fourth-order valence-electron chi connectivity index (χ4n) is 2.00. The number of amides is 3. The summed E-state index contributed by atoms with van der Waals surface area (Å²) in [5, 5.41) is 10.3. The molecule has 0 aliphatic heterocycles. The molecule has 1 aromatic carbocycles. The van der Waals surface area contributed by atoms with Crippen LogP contribution in [0.2, 0.25) is 0 Å². The minimum absolute atomic E-state index is 0.162. The van der Waals surface area contributed by atoms with Gasteiger partial charge in [-0.3, -0.25) is 15.4 Å². The summed E-state index contributed by atoms with van der Waals surface area (Å²) in [4.78, 5) is 40.1. The monoisotopic (exact) mass is 421 g/mol. The molecule has 4 N–H and O–H groups in total. The second-order valence-electron chi connectivity index (χ2n) is 8.34. The van der Waals surface area contributed by atoms with Crippen molar-refractivity contribution >= 4 is 35.4 Å². The van der Waals surface area contributed by atoms with E-state index in [-0.39, 0.29) is 18.4 Å². The summed E-state index contributed by atoms with van der Waals surface area (Å²) in [5.41, 5.74) is -0.456. The van der Waals surface area contributed by atoms with Crippen LogP contribution in [0.1, 0.15) is 41.5 Å². The summed E-state index contributed by atoms with van der Waals surface area (Å²) in [5.74, 6) is -0.349. The van der Waals surface area contributed by atoms with Gasteiger partial charge in [-0.25, -0.2) is 14.6 Å². The number of aliphatic imine (C=N–C) groups is 1. The maximum atomic E-state index is 12.1. The van der Waals surface area contributed by atoms with E-state index in [0.717, 1.165) is 0 Å². The standard InChI is InChI=1S/C20H31N5O5/c1-19(2,3)29-17(27)24-16(25-18(28)30-20(4,5)6)23-14-10-8-13(9-11-14)22-15(26)12-21-7/h8-11,21H,12H2,1-7H3,(H,22,26)(H2,23,24,25,27,28). The Morgan fingerprint density at radius 1 is 0.867 bits per heavy atom. The maximum Gasteiger partial charge on any atom is 0.414 e. The number of guanidine groups is 1. The van der Waals surface area contributed by atoms with Crippen molar-refractivity contribution in [3.63, 3.8) is 0 Å². The molecule has 0 saturated heterocycles. The quantitative estimate of drug-likeness (QED) is 0.437. The minimum atomic E-state index is -0.784. The lowest BCUT2D eigenvalue weighted by molar-refractivity contribution is -0.115. The van der Waals surface area contributed by atoms with Crippen molar-refractivity contribution in [2.24, 2.45) is 4.99 Å². The Kier molecular flexibility index (Phi) is 8.78. The molecular weight excluding hydrogens is 390 g/mol. The molecule has 0 aliphatic carbocycles. The SMILES string of the molecule is CNCC(=O)Nc1ccc(N=C(NC(=O)OC(C)(C)C)NC(=O)OC(C)(C)C)cc1. The molecule has 0 saturated carbocycles. The Bertz CT molecular complexity index is 744. The van der Waals surface area contributed by atoms with E-state index in [1.54, 1.807) is 72.9 Å². The van der Waals surface area contributed by atoms with Crippen LogP contribution < -0.4 is 21.3 Å². The number of rotatable bonds is 4. The number of ether oxygens (including phenoxy) is 2. The number of alkyl carbamates (subject to hydrolysis) is 2. The molecule has 0 aromatic heterocycles. The van der Waals surface area contributed by atoms with E-state index in [1.807, 2.05) is 0 Å². The third-order valence-electron chi connectivity index (χ3n) is 2.97. The predicted molar refractivity (Wildman–Crippen MR) is 115 cm³/mol. The first-order valence-corrected chi connectivity index (χ1v) is 9.40. The smallest absolute Gasteiger partial charge is 0.414 e. The first-order valence-electron chi connectivity index (χ1n) is 9.40. The molecule has 10 nitrogen and oxygen atoms in total. The van der Waals surface area contributed by atoms with Gasteiger partial charge in [-0.2, -0.15) is 0 Å². The zero-order chi connectivity index (χ0) is 22.9. The van der Waals surface area contributed by atoms with Crippen molar-refractivity contribution in [1.29, 1.82) is 0 Å². The van der Waals surface area contributed by atoms with Gasteiger partial charge >= 0.3 is 12.2 Å². The summed E-state index contributed by atoms with van der Waals surface area (Å²) < 4.78 is 10.4. The highest BCUT2D eigenvalue weighted by Gasteiger charge is 2.21. The molecule has 0 aliphatic rings. The summed E-state index contributed by atoms with van der Waals surface area (Å²) in [6.45, 7) is 10.5. The third kappa shape index (κ3) is 11.0. The van der Waals surface area contributed by atoms with Crippen LogP contribution in [0, 0.1) is 0 Å². The fourth-order valence-corrected chi connectivity index (χ4v) is 2.00. The Hall–Kier alpha value is -3.14. The van der Waals surface area contributed by atoms with E-state index in [1.165, 1.54) is 0 Å². The number of nitrogens with one attached hydrogen (secondary N) is 4. The molecule has 3 amide bonds. The lowest BCUT2D eigenvalue weighted by Gasteiger charge is -2.22. The molecule has 0 heterocycles. The molecule has 0 fully saturated rings. The highest BCUT2D eigenvalue weighted by molar-refractivity contribution is 6.02. The van der Waals surface area contributed by atoms with Crippen molar-refractivity contribution in [3.05, 3.63) is 24.3 Å². The van der Waals surface area contributed by atoms with Gasteiger partial charge in [0, 0.05) is 5.69 Å². The molecule has 166 valence electrons. The number of likely N-dealkylation sites (N-methyl/N-ethyl adjacent to an activating group) is 1. The Morgan fingerprint density at radius 3 is 1.73 bits per heavy atom. The fraction of sp³-hybridized carbons (Fsp3) is 0.500. The van der Waals surface area contributed by atoms with Crippen molar-refractivity contribution in [2.45, 2.75) is 52.7 Å². The predicted octanol–water partition coefficient (Wildman–Crippen LogP) is 2.88. The van der Waals surface area contributed by atoms with Gasteiger partial charge < -0.3 is 20.1 Å². The second-order valence-corrected chi connectivity index (χ2v) is 8.34.